The predicted octanol–water partition coefficient (Wildman–Crippen LogP) is 6.68. The van der Waals surface area contributed by atoms with E-state index >= 15 is 0 Å². The van der Waals surface area contributed by atoms with Crippen molar-refractivity contribution < 1.29 is 5.11 Å². The highest BCUT2D eigenvalue weighted by Gasteiger charge is 2.43. The minimum absolute atomic E-state index is 0.882. The Kier molecular flexibility index (Phi) is 4.27. The lowest BCUT2D eigenvalue weighted by Crippen LogP contribution is -2.36. The Balaban J connectivity index is 1.87. The topological polar surface area (TPSA) is 23.5 Å². The molecule has 0 saturated carbocycles. The van der Waals surface area contributed by atoms with E-state index in [4.69, 9.17) is 0 Å². The van der Waals surface area contributed by atoms with E-state index in [0.29, 0.717) is 0 Å². The van der Waals surface area contributed by atoms with Crippen molar-refractivity contribution in [2.24, 2.45) is 0 Å². The van der Waals surface area contributed by atoms with Crippen molar-refractivity contribution in [1.82, 2.24) is 0 Å². The minimum atomic E-state index is -1.22. The van der Waals surface area contributed by atoms with Gasteiger partial charge in [-0.3, -0.25) is 0 Å². The van der Waals surface area contributed by atoms with Crippen LogP contribution in [-0.4, -0.2) is 5.11 Å². The zero-order valence-electron chi connectivity index (χ0n) is 17.6. The van der Waals surface area contributed by atoms with Gasteiger partial charge in [0, 0.05) is 16.8 Å². The third-order valence-electron chi connectivity index (χ3n) is 6.05. The monoisotopic (exact) mass is 391 g/mol. The number of fused-ring (bicyclic) bond motifs is 2. The van der Waals surface area contributed by atoms with Crippen LogP contribution in [0.3, 0.4) is 0 Å². The first kappa shape index (κ1) is 18.7. The molecule has 0 bridgehead atoms. The van der Waals surface area contributed by atoms with Crippen molar-refractivity contribution in [3.63, 3.8) is 0 Å². The van der Waals surface area contributed by atoms with Gasteiger partial charge in [0.25, 0.3) is 0 Å². The molecule has 0 saturated heterocycles. The van der Waals surface area contributed by atoms with Gasteiger partial charge in [-0.15, -0.1) is 0 Å². The van der Waals surface area contributed by atoms with Gasteiger partial charge in [0.05, 0.1) is 11.4 Å². The highest BCUT2D eigenvalue weighted by atomic mass is 16.3. The summed E-state index contributed by atoms with van der Waals surface area (Å²) in [4.78, 5) is 2.26. The molecule has 1 heterocycles. The summed E-state index contributed by atoms with van der Waals surface area (Å²) in [5, 5.41) is 12.4. The number of aliphatic hydroxyl groups is 1. The minimum Gasteiger partial charge on any atom is -0.376 e. The smallest absolute Gasteiger partial charge is 0.144 e. The molecule has 1 aliphatic heterocycles. The van der Waals surface area contributed by atoms with E-state index < -0.39 is 5.60 Å². The largest absolute Gasteiger partial charge is 0.376 e. The van der Waals surface area contributed by atoms with E-state index in [9.17, 15) is 5.11 Å². The standard InChI is InChI=1S/C28H25NO/c1-19-9-13-23(14-10-19)29-26-15-11-20(2)17-24(26)28(30,22-7-5-4-6-8-22)25-18-21(3)12-16-27(25)29/h4-18,30H,1-3H3. The van der Waals surface area contributed by atoms with Gasteiger partial charge in [-0.2, -0.15) is 0 Å². The summed E-state index contributed by atoms with van der Waals surface area (Å²) in [6, 6.07) is 31.3. The molecule has 0 spiro atoms. The lowest BCUT2D eigenvalue weighted by Gasteiger charge is -2.43. The molecule has 0 amide bonds. The van der Waals surface area contributed by atoms with Crippen molar-refractivity contribution >= 4 is 17.1 Å². The maximum atomic E-state index is 12.4. The second kappa shape index (κ2) is 6.86. The molecule has 0 fully saturated rings. The lowest BCUT2D eigenvalue weighted by molar-refractivity contribution is 0.125. The normalized spacial score (nSPS) is 14.2. The Labute approximate surface area is 178 Å². The van der Waals surface area contributed by atoms with Crippen LogP contribution in [0.5, 0.6) is 0 Å². The fraction of sp³-hybridized carbons (Fsp3) is 0.143. The van der Waals surface area contributed by atoms with Crippen LogP contribution >= 0.6 is 0 Å². The quantitative estimate of drug-likeness (QED) is 0.412. The number of anilines is 3. The van der Waals surface area contributed by atoms with Gasteiger partial charge in [0.15, 0.2) is 0 Å². The number of nitrogens with zero attached hydrogens (tertiary/aromatic N) is 1. The van der Waals surface area contributed by atoms with E-state index in [1.54, 1.807) is 0 Å². The summed E-state index contributed by atoms with van der Waals surface area (Å²) in [6.07, 6.45) is 0. The van der Waals surface area contributed by atoms with Gasteiger partial charge in [-0.1, -0.05) is 83.4 Å². The van der Waals surface area contributed by atoms with Crippen molar-refractivity contribution in [3.05, 3.63) is 124 Å². The van der Waals surface area contributed by atoms with Gasteiger partial charge < -0.3 is 10.0 Å². The van der Waals surface area contributed by atoms with Gasteiger partial charge in [-0.05, 0) is 50.6 Å². The number of hydrogen-bond donors (Lipinski definition) is 1. The summed E-state index contributed by atoms with van der Waals surface area (Å²) in [7, 11) is 0. The Morgan fingerprint density at radius 3 is 1.63 bits per heavy atom. The summed E-state index contributed by atoms with van der Waals surface area (Å²) in [5.74, 6) is 0. The zero-order valence-corrected chi connectivity index (χ0v) is 17.6. The van der Waals surface area contributed by atoms with Crippen LogP contribution in [0.15, 0.2) is 91.0 Å². The molecule has 4 aromatic rings. The third kappa shape index (κ3) is 2.76. The summed E-state index contributed by atoms with van der Waals surface area (Å²) < 4.78 is 0. The lowest BCUT2D eigenvalue weighted by atomic mass is 9.75. The molecule has 2 nitrogen and oxygen atoms in total. The first-order valence-corrected chi connectivity index (χ1v) is 10.4. The fourth-order valence-corrected chi connectivity index (χ4v) is 4.51. The predicted molar refractivity (Wildman–Crippen MR) is 124 cm³/mol. The maximum Gasteiger partial charge on any atom is 0.144 e. The van der Waals surface area contributed by atoms with Gasteiger partial charge in [0.2, 0.25) is 0 Å². The molecule has 5 rings (SSSR count). The molecule has 1 N–H and O–H groups in total. The molecule has 0 aromatic heterocycles. The Hall–Kier alpha value is -3.36. The highest BCUT2D eigenvalue weighted by Crippen LogP contribution is 2.53. The summed E-state index contributed by atoms with van der Waals surface area (Å²) in [5.41, 5.74) is 8.07. The Bertz CT molecular complexity index is 1170. The third-order valence-corrected chi connectivity index (χ3v) is 6.05. The van der Waals surface area contributed by atoms with E-state index in [1.807, 2.05) is 30.3 Å². The molecule has 148 valence electrons. The summed E-state index contributed by atoms with van der Waals surface area (Å²) >= 11 is 0. The molecule has 30 heavy (non-hydrogen) atoms. The van der Waals surface area contributed by atoms with E-state index in [-0.39, 0.29) is 0 Å². The molecule has 0 radical (unpaired) electrons. The number of rotatable bonds is 2. The fourth-order valence-electron chi connectivity index (χ4n) is 4.51. The van der Waals surface area contributed by atoms with Crippen LogP contribution in [0.25, 0.3) is 0 Å². The van der Waals surface area contributed by atoms with Crippen LogP contribution < -0.4 is 4.90 Å². The molecule has 0 atom stereocenters. The van der Waals surface area contributed by atoms with Crippen LogP contribution in [0, 0.1) is 20.8 Å². The molecular formula is C28H25NO. The van der Waals surface area contributed by atoms with E-state index in [1.165, 1.54) is 5.56 Å². The van der Waals surface area contributed by atoms with Crippen LogP contribution in [0.2, 0.25) is 0 Å². The second-order valence-corrected chi connectivity index (χ2v) is 8.29. The summed E-state index contributed by atoms with van der Waals surface area (Å²) in [6.45, 7) is 6.25. The van der Waals surface area contributed by atoms with Crippen molar-refractivity contribution in [2.75, 3.05) is 4.90 Å². The van der Waals surface area contributed by atoms with E-state index in [0.717, 1.165) is 44.9 Å². The van der Waals surface area contributed by atoms with Crippen LogP contribution in [0.1, 0.15) is 33.4 Å². The van der Waals surface area contributed by atoms with Crippen molar-refractivity contribution in [1.29, 1.82) is 0 Å². The first-order valence-electron chi connectivity index (χ1n) is 10.4. The number of benzene rings is 4. The van der Waals surface area contributed by atoms with Crippen LogP contribution in [-0.2, 0) is 5.60 Å². The number of hydrogen-bond acceptors (Lipinski definition) is 2. The van der Waals surface area contributed by atoms with Gasteiger partial charge >= 0.3 is 0 Å². The molecule has 4 aromatic carbocycles. The highest BCUT2D eigenvalue weighted by molar-refractivity contribution is 5.87. The zero-order chi connectivity index (χ0) is 20.9. The molecule has 1 aliphatic rings. The second-order valence-electron chi connectivity index (χ2n) is 8.29. The number of aryl methyl sites for hydroxylation is 3. The Morgan fingerprint density at radius 1 is 0.600 bits per heavy atom. The molecule has 0 aliphatic carbocycles. The molecular weight excluding hydrogens is 366 g/mol. The first-order chi connectivity index (χ1) is 14.5. The Morgan fingerprint density at radius 2 is 1.10 bits per heavy atom. The van der Waals surface area contributed by atoms with Crippen LogP contribution in [0.4, 0.5) is 17.1 Å². The average molecular weight is 392 g/mol. The SMILES string of the molecule is Cc1ccc(N2c3ccc(C)cc3C(O)(c3ccccc3)c3cc(C)ccc32)cc1. The van der Waals surface area contributed by atoms with Crippen molar-refractivity contribution in [2.45, 2.75) is 26.4 Å². The van der Waals surface area contributed by atoms with E-state index in [2.05, 4.69) is 86.3 Å². The van der Waals surface area contributed by atoms with Gasteiger partial charge in [0.1, 0.15) is 5.60 Å². The maximum absolute atomic E-state index is 12.4. The molecule has 2 heteroatoms. The van der Waals surface area contributed by atoms with Crippen molar-refractivity contribution in [3.8, 4) is 0 Å². The van der Waals surface area contributed by atoms with Gasteiger partial charge in [-0.25, -0.2) is 0 Å². The average Bonchev–Trinajstić information content (AvgIpc) is 2.76. The molecule has 0 unspecified atom stereocenters.